The van der Waals surface area contributed by atoms with Crippen LogP contribution in [0.5, 0.6) is 0 Å². The lowest BCUT2D eigenvalue weighted by molar-refractivity contribution is -0.139. The Kier molecular flexibility index (Phi) is 2.99. The molecule has 3 aliphatic carbocycles. The molecule has 4 aliphatic rings. The first-order valence-corrected chi connectivity index (χ1v) is 8.22. The summed E-state index contributed by atoms with van der Waals surface area (Å²) in [4.78, 5) is 17.1. The van der Waals surface area contributed by atoms with Crippen LogP contribution in [-0.2, 0) is 4.79 Å². The zero-order chi connectivity index (χ0) is 13.7. The van der Waals surface area contributed by atoms with Gasteiger partial charge in [-0.05, 0) is 50.4 Å². The van der Waals surface area contributed by atoms with Crippen molar-refractivity contribution in [1.29, 1.82) is 5.26 Å². The van der Waals surface area contributed by atoms with E-state index >= 15 is 0 Å². The van der Waals surface area contributed by atoms with Crippen molar-refractivity contribution >= 4 is 5.91 Å². The zero-order valence-corrected chi connectivity index (χ0v) is 12.0. The highest BCUT2D eigenvalue weighted by atomic mass is 16.2. The lowest BCUT2D eigenvalue weighted by Crippen LogP contribution is -2.56. The standard InChI is InChI=1S/C16H23N3O/c17-9-14-10-18(7-8-19(14)13-5-6-13)16(20)15(11-1-2-11)12-3-4-12/h11-15H,1-8,10H2. The van der Waals surface area contributed by atoms with E-state index in [1.807, 2.05) is 4.90 Å². The van der Waals surface area contributed by atoms with Crippen molar-refractivity contribution in [1.82, 2.24) is 9.80 Å². The van der Waals surface area contributed by atoms with Gasteiger partial charge in [0.15, 0.2) is 0 Å². The highest BCUT2D eigenvalue weighted by Crippen LogP contribution is 2.50. The predicted molar refractivity (Wildman–Crippen MR) is 74.6 cm³/mol. The second-order valence-electron chi connectivity index (χ2n) is 7.10. The maximum atomic E-state index is 12.8. The third kappa shape index (κ3) is 2.33. The van der Waals surface area contributed by atoms with Gasteiger partial charge < -0.3 is 4.90 Å². The van der Waals surface area contributed by atoms with Crippen LogP contribution in [0.1, 0.15) is 38.5 Å². The first-order chi connectivity index (χ1) is 9.78. The molecule has 108 valence electrons. The van der Waals surface area contributed by atoms with Crippen LogP contribution < -0.4 is 0 Å². The fraction of sp³-hybridized carbons (Fsp3) is 0.875. The molecule has 3 saturated carbocycles. The van der Waals surface area contributed by atoms with Gasteiger partial charge in [-0.15, -0.1) is 0 Å². The Morgan fingerprint density at radius 1 is 1.05 bits per heavy atom. The SMILES string of the molecule is N#CC1CN(C(=O)C(C2CC2)C2CC2)CCN1C1CC1. The normalized spacial score (nSPS) is 31.4. The van der Waals surface area contributed by atoms with Crippen molar-refractivity contribution in [3.8, 4) is 6.07 Å². The monoisotopic (exact) mass is 273 g/mol. The van der Waals surface area contributed by atoms with Crippen molar-refractivity contribution in [3.63, 3.8) is 0 Å². The van der Waals surface area contributed by atoms with Crippen LogP contribution in [0.2, 0.25) is 0 Å². The van der Waals surface area contributed by atoms with Crippen molar-refractivity contribution in [3.05, 3.63) is 0 Å². The Balaban J connectivity index is 1.43. The number of hydrogen-bond donors (Lipinski definition) is 0. The molecule has 1 amide bonds. The number of piperazine rings is 1. The van der Waals surface area contributed by atoms with Gasteiger partial charge in [-0.1, -0.05) is 0 Å². The van der Waals surface area contributed by atoms with E-state index in [-0.39, 0.29) is 6.04 Å². The molecule has 1 unspecified atom stereocenters. The highest BCUT2D eigenvalue weighted by Gasteiger charge is 2.48. The van der Waals surface area contributed by atoms with Crippen molar-refractivity contribution in [2.24, 2.45) is 17.8 Å². The molecule has 0 aromatic carbocycles. The minimum Gasteiger partial charge on any atom is -0.339 e. The predicted octanol–water partition coefficient (Wildman–Crippen LogP) is 1.62. The van der Waals surface area contributed by atoms with Crippen LogP contribution in [0.25, 0.3) is 0 Å². The number of rotatable bonds is 4. The summed E-state index contributed by atoms with van der Waals surface area (Å²) in [5.74, 6) is 1.99. The van der Waals surface area contributed by atoms with Gasteiger partial charge in [0.1, 0.15) is 6.04 Å². The lowest BCUT2D eigenvalue weighted by Gasteiger charge is -2.39. The average molecular weight is 273 g/mol. The molecule has 4 heteroatoms. The molecule has 0 aromatic rings. The van der Waals surface area contributed by atoms with Gasteiger partial charge in [0.05, 0.1) is 6.07 Å². The van der Waals surface area contributed by atoms with E-state index in [0.29, 0.717) is 36.2 Å². The molecule has 1 aliphatic heterocycles. The number of nitrogens with zero attached hydrogens (tertiary/aromatic N) is 3. The quantitative estimate of drug-likeness (QED) is 0.782. The molecule has 4 rings (SSSR count). The molecule has 0 spiro atoms. The summed E-state index contributed by atoms with van der Waals surface area (Å²) in [6, 6.07) is 2.98. The number of nitriles is 1. The summed E-state index contributed by atoms with van der Waals surface area (Å²) in [6.45, 7) is 2.38. The van der Waals surface area contributed by atoms with Crippen LogP contribution in [0, 0.1) is 29.1 Å². The number of hydrogen-bond acceptors (Lipinski definition) is 3. The molecular weight excluding hydrogens is 250 g/mol. The largest absolute Gasteiger partial charge is 0.339 e. The number of amides is 1. The fourth-order valence-corrected chi connectivity index (χ4v) is 3.86. The molecular formula is C16H23N3O. The van der Waals surface area contributed by atoms with E-state index < -0.39 is 0 Å². The smallest absolute Gasteiger partial charge is 0.226 e. The summed E-state index contributed by atoms with van der Waals surface area (Å²) < 4.78 is 0. The third-order valence-electron chi connectivity index (χ3n) is 5.44. The Labute approximate surface area is 120 Å². The van der Waals surface area contributed by atoms with Crippen LogP contribution in [0.4, 0.5) is 0 Å². The highest BCUT2D eigenvalue weighted by molar-refractivity contribution is 5.80. The topological polar surface area (TPSA) is 47.3 Å². The molecule has 0 N–H and O–H groups in total. The average Bonchev–Trinajstić information content (AvgIpc) is 3.27. The molecule has 0 aromatic heterocycles. The minimum absolute atomic E-state index is 0.0701. The zero-order valence-electron chi connectivity index (χ0n) is 12.0. The van der Waals surface area contributed by atoms with Gasteiger partial charge in [0.2, 0.25) is 5.91 Å². The minimum atomic E-state index is -0.0701. The van der Waals surface area contributed by atoms with Crippen molar-refractivity contribution in [2.45, 2.75) is 50.6 Å². The summed E-state index contributed by atoms with van der Waals surface area (Å²) in [7, 11) is 0. The summed E-state index contributed by atoms with van der Waals surface area (Å²) >= 11 is 0. The summed E-state index contributed by atoms with van der Waals surface area (Å²) in [5, 5.41) is 9.39. The molecule has 1 heterocycles. The number of carbonyl (C=O) groups excluding carboxylic acids is 1. The van der Waals surface area contributed by atoms with E-state index in [1.165, 1.54) is 38.5 Å². The van der Waals surface area contributed by atoms with Gasteiger partial charge >= 0.3 is 0 Å². The first kappa shape index (κ1) is 12.6. The van der Waals surface area contributed by atoms with E-state index in [0.717, 1.165) is 13.1 Å². The van der Waals surface area contributed by atoms with Gasteiger partial charge in [-0.2, -0.15) is 5.26 Å². The van der Waals surface area contributed by atoms with E-state index in [1.54, 1.807) is 0 Å². The maximum absolute atomic E-state index is 12.8. The Morgan fingerprint density at radius 2 is 1.70 bits per heavy atom. The third-order valence-corrected chi connectivity index (χ3v) is 5.44. The van der Waals surface area contributed by atoms with Gasteiger partial charge in [-0.25, -0.2) is 0 Å². The molecule has 20 heavy (non-hydrogen) atoms. The number of carbonyl (C=O) groups is 1. The van der Waals surface area contributed by atoms with Crippen LogP contribution in [0.15, 0.2) is 0 Å². The molecule has 0 radical (unpaired) electrons. The maximum Gasteiger partial charge on any atom is 0.226 e. The van der Waals surface area contributed by atoms with E-state index in [2.05, 4.69) is 11.0 Å². The van der Waals surface area contributed by atoms with Crippen LogP contribution in [-0.4, -0.2) is 47.4 Å². The Morgan fingerprint density at radius 3 is 2.20 bits per heavy atom. The second-order valence-corrected chi connectivity index (χ2v) is 7.10. The second kappa shape index (κ2) is 4.73. The summed E-state index contributed by atoms with van der Waals surface area (Å²) in [6.07, 6.45) is 7.46. The van der Waals surface area contributed by atoms with Gasteiger partial charge in [0, 0.05) is 31.6 Å². The molecule has 4 fully saturated rings. The van der Waals surface area contributed by atoms with Crippen LogP contribution in [0.3, 0.4) is 0 Å². The molecule has 4 nitrogen and oxygen atoms in total. The van der Waals surface area contributed by atoms with Crippen molar-refractivity contribution < 1.29 is 4.79 Å². The van der Waals surface area contributed by atoms with E-state index in [9.17, 15) is 10.1 Å². The molecule has 1 atom stereocenters. The Bertz CT molecular complexity index is 433. The molecule has 0 bridgehead atoms. The van der Waals surface area contributed by atoms with Crippen LogP contribution >= 0.6 is 0 Å². The van der Waals surface area contributed by atoms with Gasteiger partial charge in [-0.3, -0.25) is 9.69 Å². The fourth-order valence-electron chi connectivity index (χ4n) is 3.86. The summed E-state index contributed by atoms with van der Waals surface area (Å²) in [5.41, 5.74) is 0. The van der Waals surface area contributed by atoms with Crippen molar-refractivity contribution in [2.75, 3.05) is 19.6 Å². The Hall–Kier alpha value is -1.08. The van der Waals surface area contributed by atoms with E-state index in [4.69, 9.17) is 0 Å². The lowest BCUT2D eigenvalue weighted by atomic mass is 9.95. The molecule has 1 saturated heterocycles. The first-order valence-electron chi connectivity index (χ1n) is 8.22. The van der Waals surface area contributed by atoms with Gasteiger partial charge in [0.25, 0.3) is 0 Å².